The van der Waals surface area contributed by atoms with E-state index in [9.17, 15) is 14.7 Å². The molecule has 2 rings (SSSR count). The van der Waals surface area contributed by atoms with Gasteiger partial charge in [0.15, 0.2) is 11.5 Å². The third kappa shape index (κ3) is 5.61. The summed E-state index contributed by atoms with van der Waals surface area (Å²) in [6.07, 6.45) is 1.02. The van der Waals surface area contributed by atoms with Gasteiger partial charge in [-0.1, -0.05) is 18.2 Å². The van der Waals surface area contributed by atoms with Crippen LogP contribution in [0.2, 0.25) is 0 Å². The largest absolute Gasteiger partial charge is 0.503 e. The van der Waals surface area contributed by atoms with Crippen LogP contribution in [0.3, 0.4) is 0 Å². The molecule has 0 radical (unpaired) electrons. The zero-order chi connectivity index (χ0) is 18.2. The quantitative estimate of drug-likeness (QED) is 0.390. The fourth-order valence-electron chi connectivity index (χ4n) is 1.91. The van der Waals surface area contributed by atoms with Crippen molar-refractivity contribution >= 4 is 39.6 Å². The van der Waals surface area contributed by atoms with Gasteiger partial charge in [0.25, 0.3) is 0 Å². The standard InChI is InChI=1S/C17H16BrN3O4/c1-25-14-8-11(7-13(18)17(14)24)10-19-21-16(23)9-15(22)20-12-5-3-2-4-6-12/h2-8,10,24H,9H2,1H3,(H,20,22)(H,21,23). The second-order valence-electron chi connectivity index (χ2n) is 4.94. The number of amides is 2. The molecular formula is C17H16BrN3O4. The predicted molar refractivity (Wildman–Crippen MR) is 97.8 cm³/mol. The van der Waals surface area contributed by atoms with Crippen LogP contribution in [-0.4, -0.2) is 30.2 Å². The summed E-state index contributed by atoms with van der Waals surface area (Å²) in [5.74, 6) is -0.743. The van der Waals surface area contributed by atoms with Gasteiger partial charge < -0.3 is 15.2 Å². The lowest BCUT2D eigenvalue weighted by Gasteiger charge is -2.06. The van der Waals surface area contributed by atoms with Gasteiger partial charge in [-0.3, -0.25) is 9.59 Å². The molecule has 0 bridgehead atoms. The number of carbonyl (C=O) groups is 2. The number of phenolic OH excluding ortho intramolecular Hbond substituents is 1. The number of methoxy groups -OCH3 is 1. The summed E-state index contributed by atoms with van der Waals surface area (Å²) in [4.78, 5) is 23.5. The van der Waals surface area contributed by atoms with Crippen LogP contribution in [0.15, 0.2) is 52.0 Å². The zero-order valence-electron chi connectivity index (χ0n) is 13.3. The molecule has 0 atom stereocenters. The third-order valence-electron chi connectivity index (χ3n) is 3.05. The Morgan fingerprint density at radius 3 is 2.64 bits per heavy atom. The van der Waals surface area contributed by atoms with Crippen LogP contribution in [0.5, 0.6) is 11.5 Å². The highest BCUT2D eigenvalue weighted by Crippen LogP contribution is 2.34. The van der Waals surface area contributed by atoms with Crippen LogP contribution in [-0.2, 0) is 9.59 Å². The van der Waals surface area contributed by atoms with Crippen molar-refractivity contribution in [2.45, 2.75) is 6.42 Å². The Kier molecular flexibility index (Phi) is 6.53. The van der Waals surface area contributed by atoms with E-state index in [4.69, 9.17) is 4.74 Å². The van der Waals surface area contributed by atoms with Crippen molar-refractivity contribution in [2.24, 2.45) is 5.10 Å². The number of hydrogen-bond acceptors (Lipinski definition) is 5. The highest BCUT2D eigenvalue weighted by molar-refractivity contribution is 9.10. The van der Waals surface area contributed by atoms with Crippen molar-refractivity contribution in [1.82, 2.24) is 5.43 Å². The topological polar surface area (TPSA) is 100 Å². The first-order valence-electron chi connectivity index (χ1n) is 7.23. The normalized spacial score (nSPS) is 10.5. The highest BCUT2D eigenvalue weighted by Gasteiger charge is 2.09. The predicted octanol–water partition coefficient (Wildman–Crippen LogP) is 2.64. The molecule has 2 aromatic rings. The number of hydrazone groups is 1. The molecule has 3 N–H and O–H groups in total. The van der Waals surface area contributed by atoms with Crippen LogP contribution in [0.25, 0.3) is 0 Å². The molecule has 2 aromatic carbocycles. The second kappa shape index (κ2) is 8.84. The maximum atomic E-state index is 11.7. The van der Waals surface area contributed by atoms with Gasteiger partial charge in [-0.25, -0.2) is 5.43 Å². The molecule has 0 saturated heterocycles. The fourth-order valence-corrected chi connectivity index (χ4v) is 2.37. The maximum Gasteiger partial charge on any atom is 0.249 e. The van der Waals surface area contributed by atoms with Crippen molar-refractivity contribution < 1.29 is 19.4 Å². The van der Waals surface area contributed by atoms with Crippen molar-refractivity contribution in [3.05, 3.63) is 52.5 Å². The molecule has 25 heavy (non-hydrogen) atoms. The molecule has 0 aliphatic heterocycles. The molecule has 130 valence electrons. The molecular weight excluding hydrogens is 390 g/mol. The molecule has 0 saturated carbocycles. The number of aromatic hydroxyl groups is 1. The first-order chi connectivity index (χ1) is 12.0. The number of benzene rings is 2. The summed E-state index contributed by atoms with van der Waals surface area (Å²) in [7, 11) is 1.43. The fraction of sp³-hybridized carbons (Fsp3) is 0.118. The van der Waals surface area contributed by atoms with E-state index in [-0.39, 0.29) is 17.9 Å². The Balaban J connectivity index is 1.88. The maximum absolute atomic E-state index is 11.7. The number of ether oxygens (including phenoxy) is 1. The van der Waals surface area contributed by atoms with Gasteiger partial charge in [0.05, 0.1) is 17.8 Å². The van der Waals surface area contributed by atoms with Gasteiger partial charge in [0.2, 0.25) is 11.8 Å². The average Bonchev–Trinajstić information content (AvgIpc) is 2.58. The molecule has 0 heterocycles. The number of hydrogen-bond donors (Lipinski definition) is 3. The van der Waals surface area contributed by atoms with E-state index in [1.165, 1.54) is 13.3 Å². The van der Waals surface area contributed by atoms with Gasteiger partial charge in [-0.2, -0.15) is 5.10 Å². The minimum Gasteiger partial charge on any atom is -0.503 e. The summed E-state index contributed by atoms with van der Waals surface area (Å²) < 4.78 is 5.45. The Labute approximate surface area is 152 Å². The van der Waals surface area contributed by atoms with Crippen LogP contribution in [0.1, 0.15) is 12.0 Å². The number of rotatable bonds is 6. The van der Waals surface area contributed by atoms with E-state index < -0.39 is 11.8 Å². The van der Waals surface area contributed by atoms with E-state index in [2.05, 4.69) is 31.8 Å². The zero-order valence-corrected chi connectivity index (χ0v) is 14.9. The summed E-state index contributed by atoms with van der Waals surface area (Å²) in [6.45, 7) is 0. The van der Waals surface area contributed by atoms with Crippen LogP contribution < -0.4 is 15.5 Å². The van der Waals surface area contributed by atoms with E-state index in [1.54, 1.807) is 36.4 Å². The van der Waals surface area contributed by atoms with Crippen LogP contribution >= 0.6 is 15.9 Å². The van der Waals surface area contributed by atoms with E-state index in [0.29, 0.717) is 15.7 Å². The Morgan fingerprint density at radius 2 is 1.96 bits per heavy atom. The summed E-state index contributed by atoms with van der Waals surface area (Å²) in [6, 6.07) is 12.0. The molecule has 0 aliphatic carbocycles. The highest BCUT2D eigenvalue weighted by atomic mass is 79.9. The SMILES string of the molecule is COc1cc(C=NNC(=O)CC(=O)Nc2ccccc2)cc(Br)c1O. The first-order valence-corrected chi connectivity index (χ1v) is 8.02. The second-order valence-corrected chi connectivity index (χ2v) is 5.79. The summed E-state index contributed by atoms with van der Waals surface area (Å²) in [5, 5.41) is 16.1. The Bertz CT molecular complexity index is 794. The summed E-state index contributed by atoms with van der Waals surface area (Å²) in [5.41, 5.74) is 3.48. The van der Waals surface area contributed by atoms with Gasteiger partial charge in [0.1, 0.15) is 6.42 Å². The molecule has 0 fully saturated rings. The molecule has 7 nitrogen and oxygen atoms in total. The molecule has 0 spiro atoms. The van der Waals surface area contributed by atoms with Gasteiger partial charge in [-0.05, 0) is 45.8 Å². The smallest absolute Gasteiger partial charge is 0.249 e. The Hall–Kier alpha value is -2.87. The third-order valence-corrected chi connectivity index (χ3v) is 3.66. The molecule has 0 aromatic heterocycles. The van der Waals surface area contributed by atoms with E-state index >= 15 is 0 Å². The van der Waals surface area contributed by atoms with E-state index in [0.717, 1.165) is 0 Å². The van der Waals surface area contributed by atoms with Gasteiger partial charge in [-0.15, -0.1) is 0 Å². The lowest BCUT2D eigenvalue weighted by atomic mass is 10.2. The molecule has 0 aliphatic rings. The lowest BCUT2D eigenvalue weighted by Crippen LogP contribution is -2.24. The number of carbonyl (C=O) groups excluding carboxylic acids is 2. The van der Waals surface area contributed by atoms with Crippen molar-refractivity contribution in [1.29, 1.82) is 0 Å². The van der Waals surface area contributed by atoms with Crippen molar-refractivity contribution in [3.63, 3.8) is 0 Å². The number of nitrogens with zero attached hydrogens (tertiary/aromatic N) is 1. The van der Waals surface area contributed by atoms with Gasteiger partial charge in [0, 0.05) is 5.69 Å². The van der Waals surface area contributed by atoms with E-state index in [1.807, 2.05) is 6.07 Å². The molecule has 2 amide bonds. The monoisotopic (exact) mass is 405 g/mol. The number of phenols is 1. The Morgan fingerprint density at radius 1 is 1.24 bits per heavy atom. The number of nitrogens with one attached hydrogen (secondary N) is 2. The first kappa shape index (κ1) is 18.5. The molecule has 0 unspecified atom stereocenters. The molecule has 8 heteroatoms. The van der Waals surface area contributed by atoms with Crippen LogP contribution in [0, 0.1) is 0 Å². The van der Waals surface area contributed by atoms with Crippen molar-refractivity contribution in [2.75, 3.05) is 12.4 Å². The number of halogens is 1. The number of anilines is 1. The van der Waals surface area contributed by atoms with Crippen molar-refractivity contribution in [3.8, 4) is 11.5 Å². The lowest BCUT2D eigenvalue weighted by molar-refractivity contribution is -0.126. The average molecular weight is 406 g/mol. The number of para-hydroxylation sites is 1. The minimum absolute atomic E-state index is 0.0266. The minimum atomic E-state index is -0.547. The van der Waals surface area contributed by atoms with Gasteiger partial charge >= 0.3 is 0 Å². The van der Waals surface area contributed by atoms with Crippen LogP contribution in [0.4, 0.5) is 5.69 Å². The summed E-state index contributed by atoms with van der Waals surface area (Å²) >= 11 is 3.19.